The Bertz CT molecular complexity index is 718. The van der Waals surface area contributed by atoms with Gasteiger partial charge in [0.25, 0.3) is 0 Å². The lowest BCUT2D eigenvalue weighted by molar-refractivity contribution is 0.612. The highest BCUT2D eigenvalue weighted by Crippen LogP contribution is 2.25. The standard InChI is InChI=1S/C15H14Br2N2S/c16-11-7-12(20-10-11)8-18-5-6-19-9-14(17)13-3-1-2-4-15(13)19/h1-4,7,9-10,18H,5-6,8H2. The third kappa shape index (κ3) is 3.17. The van der Waals surface area contributed by atoms with Crippen LogP contribution in [0.25, 0.3) is 10.9 Å². The molecule has 0 fully saturated rings. The van der Waals surface area contributed by atoms with Crippen molar-refractivity contribution in [3.8, 4) is 0 Å². The monoisotopic (exact) mass is 412 g/mol. The summed E-state index contributed by atoms with van der Waals surface area (Å²) in [7, 11) is 0. The minimum atomic E-state index is 0.927. The van der Waals surface area contributed by atoms with Crippen LogP contribution in [-0.4, -0.2) is 11.1 Å². The summed E-state index contributed by atoms with van der Waals surface area (Å²) in [6.07, 6.45) is 2.16. The van der Waals surface area contributed by atoms with Gasteiger partial charge in [0.05, 0.1) is 0 Å². The first kappa shape index (κ1) is 14.3. The zero-order valence-electron chi connectivity index (χ0n) is 10.8. The largest absolute Gasteiger partial charge is 0.345 e. The molecule has 0 spiro atoms. The molecule has 0 atom stereocenters. The molecule has 3 aromatic rings. The van der Waals surface area contributed by atoms with Gasteiger partial charge in [-0.1, -0.05) is 18.2 Å². The highest BCUT2D eigenvalue weighted by Gasteiger charge is 2.05. The van der Waals surface area contributed by atoms with E-state index >= 15 is 0 Å². The van der Waals surface area contributed by atoms with Crippen molar-refractivity contribution in [2.45, 2.75) is 13.1 Å². The first-order valence-corrected chi connectivity index (χ1v) is 8.87. The van der Waals surface area contributed by atoms with Crippen molar-refractivity contribution in [2.75, 3.05) is 6.54 Å². The fraction of sp³-hybridized carbons (Fsp3) is 0.200. The van der Waals surface area contributed by atoms with Gasteiger partial charge in [-0.25, -0.2) is 0 Å². The zero-order chi connectivity index (χ0) is 13.9. The summed E-state index contributed by atoms with van der Waals surface area (Å²) in [4.78, 5) is 1.36. The Labute approximate surface area is 139 Å². The number of aromatic nitrogens is 1. The molecule has 1 N–H and O–H groups in total. The number of hydrogen-bond acceptors (Lipinski definition) is 2. The molecule has 0 aliphatic heterocycles. The van der Waals surface area contributed by atoms with Gasteiger partial charge < -0.3 is 9.88 Å². The van der Waals surface area contributed by atoms with Crippen LogP contribution < -0.4 is 5.32 Å². The van der Waals surface area contributed by atoms with E-state index in [1.165, 1.54) is 20.3 Å². The number of rotatable bonds is 5. The van der Waals surface area contributed by atoms with Crippen LogP contribution in [0.4, 0.5) is 0 Å². The van der Waals surface area contributed by atoms with E-state index in [0.29, 0.717) is 0 Å². The topological polar surface area (TPSA) is 17.0 Å². The van der Waals surface area contributed by atoms with Gasteiger partial charge in [0.1, 0.15) is 0 Å². The van der Waals surface area contributed by atoms with E-state index in [0.717, 1.165) is 24.1 Å². The number of benzene rings is 1. The molecule has 0 bridgehead atoms. The van der Waals surface area contributed by atoms with Crippen LogP contribution in [0.2, 0.25) is 0 Å². The van der Waals surface area contributed by atoms with Crippen molar-refractivity contribution in [3.05, 3.63) is 55.7 Å². The first-order valence-electron chi connectivity index (χ1n) is 6.41. The minimum Gasteiger partial charge on any atom is -0.345 e. The van der Waals surface area contributed by atoms with E-state index in [2.05, 4.69) is 83.7 Å². The smallest absolute Gasteiger partial charge is 0.0492 e. The van der Waals surface area contributed by atoms with Gasteiger partial charge in [0.2, 0.25) is 0 Å². The molecule has 0 aliphatic rings. The van der Waals surface area contributed by atoms with E-state index in [1.807, 2.05) is 0 Å². The summed E-state index contributed by atoms with van der Waals surface area (Å²) in [6, 6.07) is 10.6. The van der Waals surface area contributed by atoms with Crippen molar-refractivity contribution in [2.24, 2.45) is 0 Å². The third-order valence-electron chi connectivity index (χ3n) is 3.19. The zero-order valence-corrected chi connectivity index (χ0v) is 14.8. The van der Waals surface area contributed by atoms with Crippen molar-refractivity contribution >= 4 is 54.1 Å². The van der Waals surface area contributed by atoms with Gasteiger partial charge in [-0.3, -0.25) is 0 Å². The average molecular weight is 414 g/mol. The Morgan fingerprint density at radius 1 is 1.20 bits per heavy atom. The maximum absolute atomic E-state index is 3.62. The summed E-state index contributed by atoms with van der Waals surface area (Å²) >= 11 is 8.88. The fourth-order valence-electron chi connectivity index (χ4n) is 2.24. The molecule has 2 nitrogen and oxygen atoms in total. The van der Waals surface area contributed by atoms with Crippen LogP contribution in [0, 0.1) is 0 Å². The van der Waals surface area contributed by atoms with Crippen LogP contribution >= 0.6 is 43.2 Å². The van der Waals surface area contributed by atoms with Gasteiger partial charge in [0.15, 0.2) is 0 Å². The molecule has 0 unspecified atom stereocenters. The molecular formula is C15H14Br2N2S. The first-order chi connectivity index (χ1) is 9.74. The Balaban J connectivity index is 1.60. The molecule has 1 aromatic carbocycles. The van der Waals surface area contributed by atoms with E-state index in [-0.39, 0.29) is 0 Å². The van der Waals surface area contributed by atoms with Crippen LogP contribution in [0.3, 0.4) is 0 Å². The Hall–Kier alpha value is -0.620. The third-order valence-corrected chi connectivity index (χ3v) is 5.52. The Kier molecular flexibility index (Phi) is 4.61. The molecule has 0 saturated carbocycles. The number of halogens is 2. The second-order valence-electron chi connectivity index (χ2n) is 4.60. The average Bonchev–Trinajstić information content (AvgIpc) is 3.00. The van der Waals surface area contributed by atoms with Crippen molar-refractivity contribution in [3.63, 3.8) is 0 Å². The van der Waals surface area contributed by atoms with E-state index in [9.17, 15) is 0 Å². The fourth-order valence-corrected chi connectivity index (χ4v) is 4.25. The predicted octanol–water partition coefficient (Wildman–Crippen LogP) is 5.02. The maximum atomic E-state index is 3.62. The van der Waals surface area contributed by atoms with Crippen LogP contribution in [0.5, 0.6) is 0 Å². The second-order valence-corrected chi connectivity index (χ2v) is 7.36. The van der Waals surface area contributed by atoms with Gasteiger partial charge in [-0.15, -0.1) is 11.3 Å². The number of fused-ring (bicyclic) bond motifs is 1. The molecule has 2 heterocycles. The van der Waals surface area contributed by atoms with E-state index < -0.39 is 0 Å². The van der Waals surface area contributed by atoms with Gasteiger partial charge >= 0.3 is 0 Å². The summed E-state index contributed by atoms with van der Waals surface area (Å²) in [5, 5.41) is 6.88. The molecule has 20 heavy (non-hydrogen) atoms. The summed E-state index contributed by atoms with van der Waals surface area (Å²) in [5.74, 6) is 0. The van der Waals surface area contributed by atoms with Crippen LogP contribution in [-0.2, 0) is 13.1 Å². The number of thiophene rings is 1. The molecule has 0 radical (unpaired) electrons. The van der Waals surface area contributed by atoms with Crippen molar-refractivity contribution < 1.29 is 0 Å². The molecule has 104 valence electrons. The number of para-hydroxylation sites is 1. The second kappa shape index (κ2) is 6.43. The van der Waals surface area contributed by atoms with Crippen molar-refractivity contribution in [1.82, 2.24) is 9.88 Å². The van der Waals surface area contributed by atoms with Crippen LogP contribution in [0.15, 0.2) is 50.9 Å². The lowest BCUT2D eigenvalue weighted by Crippen LogP contribution is -2.18. The van der Waals surface area contributed by atoms with Gasteiger partial charge in [0, 0.05) is 55.9 Å². The molecule has 2 aromatic heterocycles. The van der Waals surface area contributed by atoms with Crippen LogP contribution in [0.1, 0.15) is 4.88 Å². The number of hydrogen-bond donors (Lipinski definition) is 1. The molecule has 0 aliphatic carbocycles. The SMILES string of the molecule is Brc1csc(CNCCn2cc(Br)c3ccccc32)c1. The van der Waals surface area contributed by atoms with Gasteiger partial charge in [-0.05, 0) is 44.0 Å². The highest BCUT2D eigenvalue weighted by atomic mass is 79.9. The van der Waals surface area contributed by atoms with E-state index in [1.54, 1.807) is 11.3 Å². The highest BCUT2D eigenvalue weighted by molar-refractivity contribution is 9.11. The Morgan fingerprint density at radius 2 is 2.05 bits per heavy atom. The molecule has 0 amide bonds. The lowest BCUT2D eigenvalue weighted by atomic mass is 10.2. The Morgan fingerprint density at radius 3 is 2.85 bits per heavy atom. The quantitative estimate of drug-likeness (QED) is 0.581. The number of nitrogens with one attached hydrogen (secondary N) is 1. The molecule has 0 saturated heterocycles. The predicted molar refractivity (Wildman–Crippen MR) is 93.4 cm³/mol. The molecule has 5 heteroatoms. The maximum Gasteiger partial charge on any atom is 0.0492 e. The van der Waals surface area contributed by atoms with E-state index in [4.69, 9.17) is 0 Å². The summed E-state index contributed by atoms with van der Waals surface area (Å²) in [5.41, 5.74) is 1.28. The van der Waals surface area contributed by atoms with Crippen molar-refractivity contribution in [1.29, 1.82) is 0 Å². The molecular weight excluding hydrogens is 400 g/mol. The molecule has 3 rings (SSSR count). The summed E-state index contributed by atoms with van der Waals surface area (Å²) in [6.45, 7) is 2.86. The summed E-state index contributed by atoms with van der Waals surface area (Å²) < 4.78 is 4.62. The normalized spacial score (nSPS) is 11.3. The lowest BCUT2D eigenvalue weighted by Gasteiger charge is -2.06. The van der Waals surface area contributed by atoms with Gasteiger partial charge in [-0.2, -0.15) is 0 Å². The number of nitrogens with zero attached hydrogens (tertiary/aromatic N) is 1. The minimum absolute atomic E-state index is 0.927.